The molecule has 1 aliphatic heterocycles. The van der Waals surface area contributed by atoms with Crippen LogP contribution in [-0.4, -0.2) is 21.6 Å². The number of halogens is 2. The molecule has 2 aromatic carbocycles. The summed E-state index contributed by atoms with van der Waals surface area (Å²) in [5.74, 6) is 0.901. The van der Waals surface area contributed by atoms with Gasteiger partial charge in [0.1, 0.15) is 16.8 Å². The van der Waals surface area contributed by atoms with E-state index in [9.17, 15) is 4.39 Å². The molecule has 3 aromatic rings. The van der Waals surface area contributed by atoms with Crippen molar-refractivity contribution in [1.82, 2.24) is 15.3 Å². The van der Waals surface area contributed by atoms with Crippen LogP contribution < -0.4 is 15.5 Å². The van der Waals surface area contributed by atoms with Crippen LogP contribution >= 0.6 is 23.8 Å². The fourth-order valence-electron chi connectivity index (χ4n) is 3.41. The van der Waals surface area contributed by atoms with Gasteiger partial charge in [0.2, 0.25) is 5.95 Å². The summed E-state index contributed by atoms with van der Waals surface area (Å²) in [6.45, 7) is 2.25. The molecule has 154 valence electrons. The van der Waals surface area contributed by atoms with Crippen molar-refractivity contribution in [1.29, 1.82) is 0 Å². The van der Waals surface area contributed by atoms with E-state index in [-0.39, 0.29) is 5.82 Å². The predicted octanol–water partition coefficient (Wildman–Crippen LogP) is 4.71. The van der Waals surface area contributed by atoms with E-state index in [1.807, 2.05) is 12.1 Å². The van der Waals surface area contributed by atoms with E-state index in [0.717, 1.165) is 37.3 Å². The smallest absolute Gasteiger partial charge is 0.232 e. The maximum absolute atomic E-state index is 13.0. The van der Waals surface area contributed by atoms with Crippen LogP contribution in [0.15, 0.2) is 54.6 Å². The highest BCUT2D eigenvalue weighted by atomic mass is 35.5. The molecule has 0 aliphatic carbocycles. The lowest BCUT2D eigenvalue weighted by molar-refractivity contribution is 0.626. The molecule has 0 radical (unpaired) electrons. The molecule has 2 N–H and O–H groups in total. The average molecular weight is 442 g/mol. The van der Waals surface area contributed by atoms with Crippen LogP contribution in [0, 0.1) is 5.82 Å². The molecule has 30 heavy (non-hydrogen) atoms. The summed E-state index contributed by atoms with van der Waals surface area (Å²) in [4.78, 5) is 11.0. The zero-order chi connectivity index (χ0) is 20.9. The molecular formula is C22H21ClFN5S. The Bertz CT molecular complexity index is 1020. The van der Waals surface area contributed by atoms with Gasteiger partial charge in [-0.05, 0) is 53.9 Å². The van der Waals surface area contributed by atoms with E-state index in [0.29, 0.717) is 22.8 Å². The van der Waals surface area contributed by atoms with Crippen LogP contribution in [0.3, 0.4) is 0 Å². The molecule has 2 heterocycles. The number of rotatable bonds is 6. The largest absolute Gasteiger partial charge is 0.362 e. The SMILES string of the molecule is Fc1ccc(CCCNC(=S)Nc2nc(Cl)cc(N3Cc4ccccc4C3)n2)cc1. The molecular weight excluding hydrogens is 421 g/mol. The first-order chi connectivity index (χ1) is 14.6. The van der Waals surface area contributed by atoms with Crippen LogP contribution in [0.2, 0.25) is 5.15 Å². The molecule has 0 saturated heterocycles. The third kappa shape index (κ3) is 5.23. The number of benzene rings is 2. The van der Waals surface area contributed by atoms with Gasteiger partial charge >= 0.3 is 0 Å². The number of anilines is 2. The van der Waals surface area contributed by atoms with Crippen molar-refractivity contribution in [2.75, 3.05) is 16.8 Å². The van der Waals surface area contributed by atoms with Crippen LogP contribution in [0.25, 0.3) is 0 Å². The molecule has 0 fully saturated rings. The van der Waals surface area contributed by atoms with Crippen molar-refractivity contribution in [3.05, 3.63) is 82.3 Å². The van der Waals surface area contributed by atoms with Gasteiger partial charge in [0.05, 0.1) is 0 Å². The topological polar surface area (TPSA) is 53.1 Å². The number of fused-ring (bicyclic) bond motifs is 1. The normalized spacial score (nSPS) is 12.5. The Kier molecular flexibility index (Phi) is 6.40. The van der Waals surface area contributed by atoms with Crippen molar-refractivity contribution in [2.24, 2.45) is 0 Å². The van der Waals surface area contributed by atoms with Gasteiger partial charge in [0.25, 0.3) is 0 Å². The molecule has 0 unspecified atom stereocenters. The van der Waals surface area contributed by atoms with E-state index >= 15 is 0 Å². The fourth-order valence-corrected chi connectivity index (χ4v) is 3.78. The average Bonchev–Trinajstić information content (AvgIpc) is 3.16. The third-order valence-electron chi connectivity index (χ3n) is 4.91. The monoisotopic (exact) mass is 441 g/mol. The van der Waals surface area contributed by atoms with Crippen LogP contribution in [0.1, 0.15) is 23.1 Å². The molecule has 0 saturated carbocycles. The van der Waals surface area contributed by atoms with Crippen molar-refractivity contribution < 1.29 is 4.39 Å². The Morgan fingerprint density at radius 1 is 1.07 bits per heavy atom. The van der Waals surface area contributed by atoms with Gasteiger partial charge in [-0.2, -0.15) is 4.98 Å². The zero-order valence-corrected chi connectivity index (χ0v) is 17.8. The Hall–Kier alpha value is -2.77. The highest BCUT2D eigenvalue weighted by molar-refractivity contribution is 7.80. The van der Waals surface area contributed by atoms with E-state index in [2.05, 4.69) is 37.6 Å². The highest BCUT2D eigenvalue weighted by Crippen LogP contribution is 2.28. The van der Waals surface area contributed by atoms with Gasteiger partial charge in [-0.15, -0.1) is 0 Å². The molecule has 5 nitrogen and oxygen atoms in total. The van der Waals surface area contributed by atoms with Crippen molar-refractivity contribution in [3.8, 4) is 0 Å². The lowest BCUT2D eigenvalue weighted by Crippen LogP contribution is -2.30. The van der Waals surface area contributed by atoms with Crippen LogP contribution in [0.4, 0.5) is 16.2 Å². The van der Waals surface area contributed by atoms with Gasteiger partial charge in [-0.1, -0.05) is 48.0 Å². The van der Waals surface area contributed by atoms with Gasteiger partial charge in [-0.3, -0.25) is 0 Å². The van der Waals surface area contributed by atoms with Crippen molar-refractivity contribution >= 4 is 40.7 Å². The molecule has 1 aliphatic rings. The third-order valence-corrected chi connectivity index (χ3v) is 5.35. The second-order valence-electron chi connectivity index (χ2n) is 7.11. The van der Waals surface area contributed by atoms with Crippen LogP contribution in [0.5, 0.6) is 0 Å². The minimum absolute atomic E-state index is 0.221. The first-order valence-electron chi connectivity index (χ1n) is 9.72. The summed E-state index contributed by atoms with van der Waals surface area (Å²) >= 11 is 11.6. The summed E-state index contributed by atoms with van der Waals surface area (Å²) in [6, 6.07) is 16.6. The first kappa shape index (κ1) is 20.5. The summed E-state index contributed by atoms with van der Waals surface area (Å²) in [5, 5.41) is 6.95. The number of aromatic nitrogens is 2. The second-order valence-corrected chi connectivity index (χ2v) is 7.90. The first-order valence-corrected chi connectivity index (χ1v) is 10.5. The van der Waals surface area contributed by atoms with E-state index in [4.69, 9.17) is 23.8 Å². The zero-order valence-electron chi connectivity index (χ0n) is 16.2. The number of hydrogen-bond acceptors (Lipinski definition) is 4. The molecule has 0 bridgehead atoms. The molecule has 1 aromatic heterocycles. The summed E-state index contributed by atoms with van der Waals surface area (Å²) in [5.41, 5.74) is 3.67. The number of nitrogens with one attached hydrogen (secondary N) is 2. The number of nitrogens with zero attached hydrogens (tertiary/aromatic N) is 3. The van der Waals surface area contributed by atoms with E-state index < -0.39 is 0 Å². The number of aryl methyl sites for hydroxylation is 1. The molecule has 8 heteroatoms. The Balaban J connectivity index is 1.30. The molecule has 0 atom stereocenters. The molecule has 0 amide bonds. The summed E-state index contributed by atoms with van der Waals surface area (Å²) in [7, 11) is 0. The molecule has 0 spiro atoms. The minimum atomic E-state index is -0.221. The Morgan fingerprint density at radius 2 is 1.77 bits per heavy atom. The Labute approximate surface area is 185 Å². The predicted molar refractivity (Wildman–Crippen MR) is 122 cm³/mol. The van der Waals surface area contributed by atoms with Crippen molar-refractivity contribution in [3.63, 3.8) is 0 Å². The van der Waals surface area contributed by atoms with E-state index in [1.165, 1.54) is 23.3 Å². The number of thiocarbonyl (C=S) groups is 1. The van der Waals surface area contributed by atoms with Gasteiger partial charge in [-0.25, -0.2) is 9.37 Å². The quantitative estimate of drug-likeness (QED) is 0.328. The fraction of sp³-hybridized carbons (Fsp3) is 0.227. The second kappa shape index (κ2) is 9.36. The highest BCUT2D eigenvalue weighted by Gasteiger charge is 2.20. The standard InChI is InChI=1S/C22H21ClFN5S/c23-19-12-20(29-13-16-5-1-2-6-17(16)14-29)27-21(26-19)28-22(30)25-11-3-4-15-7-9-18(24)10-8-15/h1-2,5-10,12H,3-4,11,13-14H2,(H2,25,26,27,28,30). The Morgan fingerprint density at radius 3 is 2.47 bits per heavy atom. The minimum Gasteiger partial charge on any atom is -0.362 e. The summed E-state index contributed by atoms with van der Waals surface area (Å²) in [6.07, 6.45) is 1.70. The van der Waals surface area contributed by atoms with E-state index in [1.54, 1.807) is 18.2 Å². The van der Waals surface area contributed by atoms with Crippen LogP contribution in [-0.2, 0) is 19.5 Å². The lowest BCUT2D eigenvalue weighted by atomic mass is 10.1. The lowest BCUT2D eigenvalue weighted by Gasteiger charge is -2.18. The number of hydrogen-bond donors (Lipinski definition) is 2. The summed E-state index contributed by atoms with van der Waals surface area (Å²) < 4.78 is 13.0. The van der Waals surface area contributed by atoms with Crippen molar-refractivity contribution in [2.45, 2.75) is 25.9 Å². The van der Waals surface area contributed by atoms with Gasteiger partial charge in [0, 0.05) is 25.7 Å². The van der Waals surface area contributed by atoms with Gasteiger partial charge in [0.15, 0.2) is 5.11 Å². The maximum Gasteiger partial charge on any atom is 0.232 e. The maximum atomic E-state index is 13.0. The molecule has 4 rings (SSSR count). The van der Waals surface area contributed by atoms with Gasteiger partial charge < -0.3 is 15.5 Å².